The second-order valence-electron chi connectivity index (χ2n) is 12.0. The number of fused-ring (bicyclic) bond motifs is 3. The summed E-state index contributed by atoms with van der Waals surface area (Å²) >= 11 is 0. The Morgan fingerprint density at radius 1 is 1.13 bits per heavy atom. The maximum absolute atomic E-state index is 16.3. The predicted molar refractivity (Wildman–Crippen MR) is 139 cm³/mol. The molecule has 2 aromatic rings. The van der Waals surface area contributed by atoms with E-state index in [1.54, 1.807) is 18.7 Å². The van der Waals surface area contributed by atoms with E-state index >= 15 is 4.39 Å². The lowest BCUT2D eigenvalue weighted by Gasteiger charge is -2.38. The largest absolute Gasteiger partial charge is 0.446 e. The minimum Gasteiger partial charge on any atom is -0.446 e. The van der Waals surface area contributed by atoms with E-state index in [0.29, 0.717) is 41.4 Å². The third-order valence-corrected chi connectivity index (χ3v) is 8.99. The fraction of sp³-hybridized carbons (Fsp3) is 0.586. The van der Waals surface area contributed by atoms with Gasteiger partial charge < -0.3 is 29.0 Å². The van der Waals surface area contributed by atoms with Gasteiger partial charge in [0.1, 0.15) is 6.10 Å². The van der Waals surface area contributed by atoms with Crippen molar-refractivity contribution in [2.45, 2.75) is 83.3 Å². The van der Waals surface area contributed by atoms with Gasteiger partial charge in [0, 0.05) is 47.3 Å². The number of carbonyl (C=O) groups is 1. The molecule has 0 bridgehead atoms. The van der Waals surface area contributed by atoms with Gasteiger partial charge in [0.15, 0.2) is 11.6 Å². The molecule has 1 aromatic carbocycles. The highest BCUT2D eigenvalue weighted by Crippen LogP contribution is 2.59. The van der Waals surface area contributed by atoms with Crippen LogP contribution in [-0.4, -0.2) is 65.9 Å². The van der Waals surface area contributed by atoms with E-state index in [-0.39, 0.29) is 35.6 Å². The summed E-state index contributed by atoms with van der Waals surface area (Å²) in [5.74, 6) is -1.60. The molecule has 4 heterocycles. The summed E-state index contributed by atoms with van der Waals surface area (Å²) in [5, 5.41) is 0. The molecular weight excluding hydrogens is 489 g/mol. The molecule has 1 N–H and O–H groups in total. The van der Waals surface area contributed by atoms with E-state index < -0.39 is 17.0 Å². The Morgan fingerprint density at radius 3 is 2.45 bits per heavy atom. The van der Waals surface area contributed by atoms with Crippen molar-refractivity contribution in [2.24, 2.45) is 0 Å². The Balaban J connectivity index is 1.35. The first-order valence-electron chi connectivity index (χ1n) is 13.5. The zero-order valence-electron chi connectivity index (χ0n) is 23.0. The van der Waals surface area contributed by atoms with Gasteiger partial charge >= 0.3 is 0 Å². The molecule has 3 atom stereocenters. The van der Waals surface area contributed by atoms with Gasteiger partial charge in [-0.15, -0.1) is 0 Å². The van der Waals surface area contributed by atoms with Gasteiger partial charge in [0.05, 0.1) is 18.7 Å². The minimum atomic E-state index is -1.18. The molecule has 8 nitrogen and oxygen atoms in total. The van der Waals surface area contributed by atoms with E-state index in [0.717, 1.165) is 36.9 Å². The van der Waals surface area contributed by atoms with Crippen molar-refractivity contribution in [1.29, 1.82) is 0 Å². The number of nitrogens with one attached hydrogen (secondary N) is 1. The number of aromatic nitrogens is 1. The maximum Gasteiger partial charge on any atom is 0.275 e. The molecular formula is C29H36FN3O5. The van der Waals surface area contributed by atoms with E-state index in [2.05, 4.69) is 9.88 Å². The van der Waals surface area contributed by atoms with Gasteiger partial charge in [0.2, 0.25) is 5.75 Å². The van der Waals surface area contributed by atoms with Crippen molar-refractivity contribution in [2.75, 3.05) is 27.2 Å². The van der Waals surface area contributed by atoms with E-state index in [1.807, 2.05) is 34.0 Å². The van der Waals surface area contributed by atoms with Crippen molar-refractivity contribution >= 4 is 5.91 Å². The molecule has 1 amide bonds. The Kier molecular flexibility index (Phi) is 5.71. The number of likely N-dealkylation sites (N-methyl/N-ethyl adjacent to an activating group) is 1. The molecule has 9 heteroatoms. The summed E-state index contributed by atoms with van der Waals surface area (Å²) in [6, 6.07) is 2.22. The van der Waals surface area contributed by atoms with E-state index in [1.165, 1.54) is 0 Å². The monoisotopic (exact) mass is 525 g/mol. The standard InChI is InChI=1S/C29H36FN3O5/c1-15-11-16(2)31-26(34)19(15)12-33-14-29(9-10-29)22-21(27(33)35)17(3)24-25(23(22)30)38-28(4,37-24)20-8-7-18(13-36-20)32(5)6/h11,18,20H,7-10,12-14H2,1-6H3,(H,31,34)/t18-,20-,28+/m1/s1. The van der Waals surface area contributed by atoms with Crippen LogP contribution in [0.1, 0.15) is 70.9 Å². The average molecular weight is 526 g/mol. The van der Waals surface area contributed by atoms with Gasteiger partial charge in [-0.3, -0.25) is 9.59 Å². The maximum atomic E-state index is 16.3. The number of rotatable bonds is 4. The summed E-state index contributed by atoms with van der Waals surface area (Å²) in [7, 11) is 4.06. The van der Waals surface area contributed by atoms with Crippen molar-refractivity contribution in [3.8, 4) is 11.5 Å². The summed E-state index contributed by atoms with van der Waals surface area (Å²) in [6.45, 7) is 8.40. The van der Waals surface area contributed by atoms with Crippen molar-refractivity contribution < 1.29 is 23.4 Å². The minimum absolute atomic E-state index is 0.0837. The van der Waals surface area contributed by atoms with Crippen LogP contribution in [0.2, 0.25) is 0 Å². The SMILES string of the molecule is Cc1cc(C)c(CN2CC3(CC3)c3c(F)c4c(c(C)c3C2=O)O[C@](C)([C@H]2CC[C@@H](N(C)C)CO2)O4)c(=O)[nH]1. The Bertz CT molecular complexity index is 1390. The van der Waals surface area contributed by atoms with E-state index in [9.17, 15) is 9.59 Å². The zero-order chi connectivity index (χ0) is 27.1. The van der Waals surface area contributed by atoms with E-state index in [4.69, 9.17) is 14.2 Å². The molecule has 204 valence electrons. The van der Waals surface area contributed by atoms with Gasteiger partial charge in [-0.1, -0.05) is 0 Å². The number of H-pyrrole nitrogens is 1. The molecule has 1 aliphatic carbocycles. The van der Waals surface area contributed by atoms with Gasteiger partial charge in [-0.05, 0) is 72.2 Å². The van der Waals surface area contributed by atoms with Crippen LogP contribution in [0.3, 0.4) is 0 Å². The zero-order valence-corrected chi connectivity index (χ0v) is 23.0. The first-order valence-corrected chi connectivity index (χ1v) is 13.5. The molecule has 1 spiro atoms. The highest BCUT2D eigenvalue weighted by molar-refractivity contribution is 6.00. The van der Waals surface area contributed by atoms with Crippen LogP contribution in [0.15, 0.2) is 10.9 Å². The Morgan fingerprint density at radius 2 is 1.84 bits per heavy atom. The number of benzene rings is 1. The highest BCUT2D eigenvalue weighted by atomic mass is 19.1. The second kappa shape index (κ2) is 8.55. The normalized spacial score (nSPS) is 27.3. The van der Waals surface area contributed by atoms with Gasteiger partial charge in [-0.2, -0.15) is 0 Å². The number of amides is 1. The van der Waals surface area contributed by atoms with Crippen LogP contribution in [0.25, 0.3) is 0 Å². The van der Waals surface area contributed by atoms with Crippen LogP contribution in [0.5, 0.6) is 11.5 Å². The molecule has 1 aromatic heterocycles. The number of hydrogen-bond donors (Lipinski definition) is 1. The molecule has 6 rings (SSSR count). The topological polar surface area (TPSA) is 84.1 Å². The van der Waals surface area contributed by atoms with Crippen LogP contribution in [0, 0.1) is 26.6 Å². The summed E-state index contributed by atoms with van der Waals surface area (Å²) < 4.78 is 35.0. The number of aromatic amines is 1. The summed E-state index contributed by atoms with van der Waals surface area (Å²) in [6.07, 6.45) is 2.83. The molecule has 1 saturated heterocycles. The molecule has 1 saturated carbocycles. The number of carbonyl (C=O) groups excluding carboxylic acids is 1. The van der Waals surface area contributed by atoms with Crippen molar-refractivity contribution in [3.05, 3.63) is 55.7 Å². The fourth-order valence-corrected chi connectivity index (χ4v) is 6.52. The third kappa shape index (κ3) is 3.77. The number of hydrogen-bond acceptors (Lipinski definition) is 6. The first-order chi connectivity index (χ1) is 17.9. The highest BCUT2D eigenvalue weighted by Gasteiger charge is 2.57. The average Bonchev–Trinajstić information content (AvgIpc) is 3.53. The smallest absolute Gasteiger partial charge is 0.275 e. The molecule has 2 fully saturated rings. The lowest BCUT2D eigenvalue weighted by Crippen LogP contribution is -2.53. The quantitative estimate of drug-likeness (QED) is 0.655. The molecule has 4 aliphatic rings. The summed E-state index contributed by atoms with van der Waals surface area (Å²) in [4.78, 5) is 33.3. The summed E-state index contributed by atoms with van der Waals surface area (Å²) in [5.41, 5.74) is 2.87. The van der Waals surface area contributed by atoms with Crippen LogP contribution < -0.4 is 15.0 Å². The third-order valence-electron chi connectivity index (χ3n) is 8.99. The van der Waals surface area contributed by atoms with Crippen molar-refractivity contribution in [3.63, 3.8) is 0 Å². The second-order valence-corrected chi connectivity index (χ2v) is 12.0. The lowest BCUT2D eigenvalue weighted by molar-refractivity contribution is -0.191. The van der Waals surface area contributed by atoms with Crippen LogP contribution in [0.4, 0.5) is 4.39 Å². The number of pyridine rings is 1. The Labute approximate surface area is 222 Å². The number of halogens is 1. The fourth-order valence-electron chi connectivity index (χ4n) is 6.52. The lowest BCUT2D eigenvalue weighted by atomic mass is 9.83. The first kappa shape index (κ1) is 25.4. The number of aryl methyl sites for hydroxylation is 2. The molecule has 3 aliphatic heterocycles. The van der Waals surface area contributed by atoms with Crippen molar-refractivity contribution in [1.82, 2.24) is 14.8 Å². The molecule has 0 radical (unpaired) electrons. The molecule has 0 unspecified atom stereocenters. The van der Waals surface area contributed by atoms with Crippen LogP contribution in [-0.2, 0) is 16.7 Å². The Hall–Kier alpha value is -2.91. The predicted octanol–water partition coefficient (Wildman–Crippen LogP) is 3.72. The van der Waals surface area contributed by atoms with Crippen LogP contribution >= 0.6 is 0 Å². The van der Waals surface area contributed by atoms with Gasteiger partial charge in [-0.25, -0.2) is 4.39 Å². The van der Waals surface area contributed by atoms with Gasteiger partial charge in [0.25, 0.3) is 17.3 Å². The molecule has 38 heavy (non-hydrogen) atoms. The number of ether oxygens (including phenoxy) is 3. The number of nitrogens with zero attached hydrogens (tertiary/aromatic N) is 2.